The number of ether oxygens (including phenoxy) is 1. The van der Waals surface area contributed by atoms with Crippen molar-refractivity contribution < 1.29 is 13.2 Å². The maximum Gasteiger partial charge on any atom is 0.242 e. The van der Waals surface area contributed by atoms with Crippen molar-refractivity contribution in [1.29, 1.82) is 0 Å². The van der Waals surface area contributed by atoms with Gasteiger partial charge in [-0.15, -0.1) is 11.6 Å². The van der Waals surface area contributed by atoms with E-state index < -0.39 is 10.0 Å². The van der Waals surface area contributed by atoms with Gasteiger partial charge < -0.3 is 4.74 Å². The van der Waals surface area contributed by atoms with Gasteiger partial charge in [-0.3, -0.25) is 0 Å². The summed E-state index contributed by atoms with van der Waals surface area (Å²) in [5.41, 5.74) is 0. The van der Waals surface area contributed by atoms with E-state index in [1.165, 1.54) is 30.5 Å². The smallest absolute Gasteiger partial charge is 0.242 e. The molecule has 0 amide bonds. The first kappa shape index (κ1) is 14.3. The molecule has 0 saturated heterocycles. The van der Waals surface area contributed by atoms with Gasteiger partial charge in [0.2, 0.25) is 10.0 Å². The lowest BCUT2D eigenvalue weighted by atomic mass is 10.3. The van der Waals surface area contributed by atoms with Crippen LogP contribution in [0.15, 0.2) is 29.2 Å². The van der Waals surface area contributed by atoms with Crippen LogP contribution in [0.3, 0.4) is 0 Å². The number of nitrogens with zero attached hydrogens (tertiary/aromatic N) is 1. The van der Waals surface area contributed by atoms with Gasteiger partial charge in [0.25, 0.3) is 0 Å². The second-order valence-electron chi connectivity index (χ2n) is 3.65. The molecule has 0 aliphatic heterocycles. The Bertz CT molecular complexity index is 442. The lowest BCUT2D eigenvalue weighted by Gasteiger charge is -2.11. The van der Waals surface area contributed by atoms with Crippen molar-refractivity contribution in [2.45, 2.75) is 11.3 Å². The first-order chi connectivity index (χ1) is 7.98. The molecular formula is C11H16ClNO3S. The molecule has 0 fully saturated rings. The van der Waals surface area contributed by atoms with Gasteiger partial charge in [0.1, 0.15) is 5.75 Å². The summed E-state index contributed by atoms with van der Waals surface area (Å²) in [4.78, 5) is 0.257. The number of halogens is 1. The molecule has 0 unspecified atom stereocenters. The van der Waals surface area contributed by atoms with Gasteiger partial charge in [-0.05, 0) is 30.7 Å². The Balaban J connectivity index is 2.75. The van der Waals surface area contributed by atoms with Crippen LogP contribution < -0.4 is 4.74 Å². The Morgan fingerprint density at radius 1 is 1.24 bits per heavy atom. The molecule has 0 N–H and O–H groups in total. The van der Waals surface area contributed by atoms with Crippen molar-refractivity contribution in [2.75, 3.05) is 26.6 Å². The molecule has 0 saturated carbocycles. The van der Waals surface area contributed by atoms with E-state index in [1.54, 1.807) is 12.1 Å². The van der Waals surface area contributed by atoms with Gasteiger partial charge >= 0.3 is 0 Å². The second-order valence-corrected chi connectivity index (χ2v) is 6.18. The molecular weight excluding hydrogens is 262 g/mol. The SMILES string of the molecule is CN(C)S(=O)(=O)c1ccc(OCCCCl)cc1. The van der Waals surface area contributed by atoms with Crippen molar-refractivity contribution in [1.82, 2.24) is 4.31 Å². The molecule has 6 heteroatoms. The molecule has 4 nitrogen and oxygen atoms in total. The summed E-state index contributed by atoms with van der Waals surface area (Å²) < 4.78 is 30.1. The fraction of sp³-hybridized carbons (Fsp3) is 0.455. The van der Waals surface area contributed by atoms with Crippen LogP contribution >= 0.6 is 11.6 Å². The standard InChI is InChI=1S/C11H16ClNO3S/c1-13(2)17(14,15)11-6-4-10(5-7-11)16-9-3-8-12/h4-7H,3,8-9H2,1-2H3. The molecule has 0 aliphatic rings. The van der Waals surface area contributed by atoms with Crippen molar-refractivity contribution >= 4 is 21.6 Å². The van der Waals surface area contributed by atoms with Gasteiger partial charge in [0.15, 0.2) is 0 Å². The van der Waals surface area contributed by atoms with Crippen LogP contribution in [0.4, 0.5) is 0 Å². The zero-order valence-electron chi connectivity index (χ0n) is 9.89. The minimum atomic E-state index is -3.36. The normalized spacial score (nSPS) is 11.8. The van der Waals surface area contributed by atoms with Crippen molar-refractivity contribution in [3.05, 3.63) is 24.3 Å². The summed E-state index contributed by atoms with van der Waals surface area (Å²) in [6, 6.07) is 6.35. The highest BCUT2D eigenvalue weighted by atomic mass is 35.5. The fourth-order valence-electron chi connectivity index (χ4n) is 1.16. The summed E-state index contributed by atoms with van der Waals surface area (Å²) in [6.45, 7) is 0.531. The zero-order chi connectivity index (χ0) is 12.9. The van der Waals surface area contributed by atoms with Crippen molar-refractivity contribution in [3.63, 3.8) is 0 Å². The Hall–Kier alpha value is -0.780. The number of rotatable bonds is 6. The molecule has 0 aliphatic carbocycles. The maximum atomic E-state index is 11.8. The number of hydrogen-bond donors (Lipinski definition) is 0. The van der Waals surface area contributed by atoms with Crippen LogP contribution in [-0.4, -0.2) is 39.3 Å². The predicted molar refractivity (Wildman–Crippen MR) is 68.1 cm³/mol. The molecule has 1 rings (SSSR count). The summed E-state index contributed by atoms with van der Waals surface area (Å²) in [5.74, 6) is 1.19. The van der Waals surface area contributed by atoms with E-state index in [1.807, 2.05) is 0 Å². The third-order valence-electron chi connectivity index (χ3n) is 2.15. The van der Waals surface area contributed by atoms with E-state index in [2.05, 4.69) is 0 Å². The van der Waals surface area contributed by atoms with E-state index in [0.717, 1.165) is 6.42 Å². The van der Waals surface area contributed by atoms with Gasteiger partial charge in [-0.25, -0.2) is 12.7 Å². The molecule has 0 heterocycles. The zero-order valence-corrected chi connectivity index (χ0v) is 11.5. The highest BCUT2D eigenvalue weighted by Crippen LogP contribution is 2.18. The largest absolute Gasteiger partial charge is 0.494 e. The minimum absolute atomic E-state index is 0.257. The molecule has 1 aromatic carbocycles. The maximum absolute atomic E-state index is 11.8. The number of sulfonamides is 1. The Labute approximate surface area is 107 Å². The fourth-order valence-corrected chi connectivity index (χ4v) is 2.17. The van der Waals surface area contributed by atoms with E-state index in [4.69, 9.17) is 16.3 Å². The highest BCUT2D eigenvalue weighted by Gasteiger charge is 2.16. The second kappa shape index (κ2) is 6.23. The predicted octanol–water partition coefficient (Wildman–Crippen LogP) is 1.94. The van der Waals surface area contributed by atoms with Gasteiger partial charge in [-0.1, -0.05) is 0 Å². The Morgan fingerprint density at radius 3 is 2.29 bits per heavy atom. The van der Waals surface area contributed by atoms with E-state index in [-0.39, 0.29) is 4.90 Å². The molecule has 0 spiro atoms. The number of benzene rings is 1. The van der Waals surface area contributed by atoms with E-state index >= 15 is 0 Å². The molecule has 0 aromatic heterocycles. The van der Waals surface area contributed by atoms with Crippen LogP contribution in [-0.2, 0) is 10.0 Å². The van der Waals surface area contributed by atoms with Crippen LogP contribution in [0, 0.1) is 0 Å². The highest BCUT2D eigenvalue weighted by molar-refractivity contribution is 7.89. The molecule has 0 atom stereocenters. The summed E-state index contributed by atoms with van der Waals surface area (Å²) in [7, 11) is -0.362. The molecule has 96 valence electrons. The van der Waals surface area contributed by atoms with Crippen molar-refractivity contribution in [2.24, 2.45) is 0 Å². The van der Waals surface area contributed by atoms with Crippen LogP contribution in [0.5, 0.6) is 5.75 Å². The van der Waals surface area contributed by atoms with Crippen LogP contribution in [0.25, 0.3) is 0 Å². The molecule has 1 aromatic rings. The average molecular weight is 278 g/mol. The van der Waals surface area contributed by atoms with E-state index in [0.29, 0.717) is 18.2 Å². The molecule has 17 heavy (non-hydrogen) atoms. The number of alkyl halides is 1. The van der Waals surface area contributed by atoms with Crippen LogP contribution in [0.2, 0.25) is 0 Å². The topological polar surface area (TPSA) is 46.6 Å². The van der Waals surface area contributed by atoms with E-state index in [9.17, 15) is 8.42 Å². The summed E-state index contributed by atoms with van der Waals surface area (Å²) >= 11 is 5.52. The Kier molecular flexibility index (Phi) is 5.24. The lowest BCUT2D eigenvalue weighted by molar-refractivity contribution is 0.318. The van der Waals surface area contributed by atoms with Crippen molar-refractivity contribution in [3.8, 4) is 5.75 Å². The van der Waals surface area contributed by atoms with Gasteiger partial charge in [0, 0.05) is 20.0 Å². The lowest BCUT2D eigenvalue weighted by Crippen LogP contribution is -2.22. The average Bonchev–Trinajstić information content (AvgIpc) is 2.30. The summed E-state index contributed by atoms with van der Waals surface area (Å²) in [5, 5.41) is 0. The third kappa shape index (κ3) is 3.87. The molecule has 0 radical (unpaired) electrons. The Morgan fingerprint density at radius 2 is 1.82 bits per heavy atom. The quantitative estimate of drug-likeness (QED) is 0.590. The van der Waals surface area contributed by atoms with Gasteiger partial charge in [0.05, 0.1) is 11.5 Å². The third-order valence-corrected chi connectivity index (χ3v) is 4.25. The summed E-state index contributed by atoms with van der Waals surface area (Å²) in [6.07, 6.45) is 0.763. The monoisotopic (exact) mass is 277 g/mol. The first-order valence-electron chi connectivity index (χ1n) is 5.20. The number of hydrogen-bond acceptors (Lipinski definition) is 3. The molecule has 0 bridgehead atoms. The minimum Gasteiger partial charge on any atom is -0.494 e. The van der Waals surface area contributed by atoms with Gasteiger partial charge in [-0.2, -0.15) is 0 Å². The van der Waals surface area contributed by atoms with Crippen LogP contribution in [0.1, 0.15) is 6.42 Å². The first-order valence-corrected chi connectivity index (χ1v) is 7.17.